The number of benzene rings is 1. The molecular weight excluding hydrogens is 406 g/mol. The number of aliphatic hydroxyl groups excluding tert-OH is 1. The van der Waals surface area contributed by atoms with E-state index >= 15 is 0 Å². The number of nitrogens with zero attached hydrogens (tertiary/aromatic N) is 6. The van der Waals surface area contributed by atoms with Crippen LogP contribution in [-0.2, 0) is 6.61 Å². The first-order valence-electron chi connectivity index (χ1n) is 11.1. The number of hydrogen-bond donors (Lipinski definition) is 2. The molecule has 4 heterocycles. The number of ether oxygens (including phenoxy) is 1. The Bertz CT molecular complexity index is 1500. The van der Waals surface area contributed by atoms with Crippen LogP contribution in [0.15, 0.2) is 67.1 Å². The predicted molar refractivity (Wildman–Crippen MR) is 120 cm³/mol. The molecule has 5 rings (SSSR count). The normalized spacial score (nSPS) is 12.8. The second kappa shape index (κ2) is 8.05. The fourth-order valence-electron chi connectivity index (χ4n) is 3.39. The molecule has 158 valence electrons. The number of hydrogen-bond acceptors (Lipinski definition) is 8. The Labute approximate surface area is 187 Å². The zero-order valence-corrected chi connectivity index (χ0v) is 16.7. The molecule has 0 saturated carbocycles. The molecule has 0 amide bonds. The Morgan fingerprint density at radius 2 is 1.84 bits per heavy atom. The van der Waals surface area contributed by atoms with Crippen LogP contribution in [0.1, 0.15) is 9.68 Å². The van der Waals surface area contributed by atoms with Gasteiger partial charge in [0.1, 0.15) is 11.2 Å². The molecule has 32 heavy (non-hydrogen) atoms. The van der Waals surface area contributed by atoms with Crippen molar-refractivity contribution in [3.8, 4) is 34.3 Å². The number of imidazole rings is 1. The number of fused-ring (bicyclic) bond motifs is 1. The van der Waals surface area contributed by atoms with Gasteiger partial charge in [-0.2, -0.15) is 0 Å². The summed E-state index contributed by atoms with van der Waals surface area (Å²) in [5, 5.41) is 9.43. The van der Waals surface area contributed by atoms with E-state index in [0.717, 1.165) is 11.3 Å². The maximum atomic E-state index is 9.43. The van der Waals surface area contributed by atoms with Gasteiger partial charge in [-0.1, -0.05) is 12.1 Å². The minimum absolute atomic E-state index is 0.00995. The molecule has 9 heteroatoms. The molecule has 0 fully saturated rings. The summed E-state index contributed by atoms with van der Waals surface area (Å²) >= 11 is 0. The van der Waals surface area contributed by atoms with Crippen molar-refractivity contribution >= 4 is 17.0 Å². The second-order valence-electron chi connectivity index (χ2n) is 6.91. The minimum atomic E-state index is -2.58. The number of rotatable bonds is 5. The van der Waals surface area contributed by atoms with Gasteiger partial charge >= 0.3 is 0 Å². The fraction of sp³-hybridized carbons (Fsp3) is 0.0870. The number of aliphatic hydroxyl groups is 1. The summed E-state index contributed by atoms with van der Waals surface area (Å²) in [4.78, 5) is 22.1. The van der Waals surface area contributed by atoms with E-state index in [9.17, 15) is 5.11 Å². The van der Waals surface area contributed by atoms with Gasteiger partial charge in [-0.15, -0.1) is 0 Å². The summed E-state index contributed by atoms with van der Waals surface area (Å²) in [5.74, 6) is 0.682. The van der Waals surface area contributed by atoms with E-state index in [1.807, 2.05) is 34.9 Å². The van der Waals surface area contributed by atoms with Gasteiger partial charge in [0.15, 0.2) is 17.3 Å². The van der Waals surface area contributed by atoms with Crippen molar-refractivity contribution in [2.45, 2.75) is 6.61 Å². The largest absolute Gasteiger partial charge is 0.481 e. The predicted octanol–water partition coefficient (Wildman–Crippen LogP) is 3.02. The molecule has 0 aliphatic heterocycles. The Kier molecular flexibility index (Phi) is 4.11. The van der Waals surface area contributed by atoms with E-state index in [4.69, 9.17) is 24.6 Å². The lowest BCUT2D eigenvalue weighted by molar-refractivity contribution is 0.282. The monoisotopic (exact) mass is 428 g/mol. The molecule has 9 nitrogen and oxygen atoms in total. The first-order chi connectivity index (χ1) is 16.8. The van der Waals surface area contributed by atoms with Gasteiger partial charge in [0, 0.05) is 35.9 Å². The molecule has 0 bridgehead atoms. The van der Waals surface area contributed by atoms with Crippen molar-refractivity contribution in [3.05, 3.63) is 72.7 Å². The zero-order valence-electron chi connectivity index (χ0n) is 19.7. The maximum absolute atomic E-state index is 9.43. The molecule has 3 N–H and O–H groups in total. The van der Waals surface area contributed by atoms with E-state index < -0.39 is 7.04 Å². The van der Waals surface area contributed by atoms with Gasteiger partial charge in [-0.3, -0.25) is 4.57 Å². The summed E-state index contributed by atoms with van der Waals surface area (Å²) < 4.78 is 28.3. The molecule has 0 atom stereocenters. The van der Waals surface area contributed by atoms with E-state index in [-0.39, 0.29) is 18.3 Å². The fourth-order valence-corrected chi connectivity index (χ4v) is 3.39. The molecule has 0 aliphatic rings. The Morgan fingerprint density at radius 3 is 2.56 bits per heavy atom. The average molecular weight is 428 g/mol. The molecule has 4 aromatic heterocycles. The van der Waals surface area contributed by atoms with Gasteiger partial charge in [-0.05, 0) is 35.9 Å². The lowest BCUT2D eigenvalue weighted by Crippen LogP contribution is -2.04. The van der Waals surface area contributed by atoms with E-state index in [1.54, 1.807) is 12.1 Å². The number of nitrogens with two attached hydrogens (primary N) is 1. The lowest BCUT2D eigenvalue weighted by Gasteiger charge is -2.10. The molecule has 0 spiro atoms. The highest BCUT2D eigenvalue weighted by Gasteiger charge is 2.19. The lowest BCUT2D eigenvalue weighted by atomic mass is 10.2. The SMILES string of the molecule is [2H]C([2H])([2H])Oc1ccc(-c2ccc3nc(-c4nccnc4N)n(-c4ccc(CO)cc4)c3n2)cn1. The van der Waals surface area contributed by atoms with Crippen molar-refractivity contribution in [2.75, 3.05) is 12.8 Å². The third-order valence-corrected chi connectivity index (χ3v) is 4.96. The van der Waals surface area contributed by atoms with Crippen molar-refractivity contribution < 1.29 is 14.0 Å². The van der Waals surface area contributed by atoms with E-state index in [0.29, 0.717) is 33.9 Å². The standard InChI is InChI=1S/C23H19N7O2/c1-32-19-9-4-15(12-27-19)17-7-8-18-22(28-17)30(16-5-2-14(13-31)3-6-16)23(29-18)20-21(24)26-11-10-25-20/h2-12,31H,13H2,1H3,(H2,24,26)/i1D3. The van der Waals surface area contributed by atoms with E-state index in [1.165, 1.54) is 24.7 Å². The molecule has 0 aliphatic carbocycles. The average Bonchev–Trinajstić information content (AvgIpc) is 3.22. The third-order valence-electron chi connectivity index (χ3n) is 4.96. The van der Waals surface area contributed by atoms with Crippen LogP contribution < -0.4 is 10.5 Å². The molecule has 5 aromatic rings. The van der Waals surface area contributed by atoms with Crippen LogP contribution in [-0.4, -0.2) is 41.6 Å². The van der Waals surface area contributed by atoms with E-state index in [2.05, 4.69) is 15.0 Å². The number of anilines is 1. The highest BCUT2D eigenvalue weighted by Crippen LogP contribution is 2.30. The van der Waals surface area contributed by atoms with Gasteiger partial charge < -0.3 is 15.6 Å². The molecule has 1 aromatic carbocycles. The van der Waals surface area contributed by atoms with Crippen molar-refractivity contribution in [2.24, 2.45) is 0 Å². The van der Waals surface area contributed by atoms with Gasteiger partial charge in [0.05, 0.1) is 23.5 Å². The highest BCUT2D eigenvalue weighted by molar-refractivity contribution is 5.83. The summed E-state index contributed by atoms with van der Waals surface area (Å²) in [5.41, 5.74) is 10.4. The van der Waals surface area contributed by atoms with Crippen molar-refractivity contribution in [1.82, 2.24) is 29.5 Å². The van der Waals surface area contributed by atoms with Gasteiger partial charge in [-0.25, -0.2) is 24.9 Å². The molecular formula is C23H19N7O2. The molecule has 0 radical (unpaired) electrons. The molecule has 0 unspecified atom stereocenters. The van der Waals surface area contributed by atoms with Gasteiger partial charge in [0.2, 0.25) is 5.88 Å². The van der Waals surface area contributed by atoms with Crippen molar-refractivity contribution in [3.63, 3.8) is 0 Å². The number of aromatic nitrogens is 6. The van der Waals surface area contributed by atoms with Crippen molar-refractivity contribution in [1.29, 1.82) is 0 Å². The number of methoxy groups -OCH3 is 1. The van der Waals surface area contributed by atoms with Gasteiger partial charge in [0.25, 0.3) is 0 Å². The number of nitrogen functional groups attached to an aromatic ring is 1. The first-order valence-corrected chi connectivity index (χ1v) is 9.64. The Balaban J connectivity index is 1.66. The van der Waals surface area contributed by atoms with Crippen LogP contribution in [0.4, 0.5) is 5.82 Å². The van der Waals surface area contributed by atoms with Crippen LogP contribution in [0.5, 0.6) is 5.88 Å². The summed E-state index contributed by atoms with van der Waals surface area (Å²) in [6, 6.07) is 14.1. The quantitative estimate of drug-likeness (QED) is 0.438. The van der Waals surface area contributed by atoms with Crippen LogP contribution in [0.25, 0.3) is 39.6 Å². The first kappa shape index (κ1) is 16.3. The van der Waals surface area contributed by atoms with Crippen LogP contribution in [0.3, 0.4) is 0 Å². The smallest absolute Gasteiger partial charge is 0.212 e. The topological polar surface area (TPSA) is 125 Å². The summed E-state index contributed by atoms with van der Waals surface area (Å²) in [6.45, 7) is -0.0776. The second-order valence-corrected chi connectivity index (χ2v) is 6.91. The zero-order chi connectivity index (χ0) is 24.6. The van der Waals surface area contributed by atoms with Crippen LogP contribution in [0.2, 0.25) is 0 Å². The van der Waals surface area contributed by atoms with Crippen LogP contribution in [0, 0.1) is 0 Å². The van der Waals surface area contributed by atoms with Crippen LogP contribution >= 0.6 is 0 Å². The minimum Gasteiger partial charge on any atom is -0.481 e. The third kappa shape index (κ3) is 3.40. The highest BCUT2D eigenvalue weighted by atomic mass is 16.5. The molecule has 0 saturated heterocycles. The summed E-state index contributed by atoms with van der Waals surface area (Å²) in [6.07, 6.45) is 4.54. The summed E-state index contributed by atoms with van der Waals surface area (Å²) in [7, 11) is -2.58. The maximum Gasteiger partial charge on any atom is 0.212 e. The Morgan fingerprint density at radius 1 is 1.00 bits per heavy atom. The number of pyridine rings is 2. The Hall–Kier alpha value is -4.37.